The molecule has 1 aromatic rings. The molecule has 0 radical (unpaired) electrons. The van der Waals surface area contributed by atoms with Gasteiger partial charge in [-0.15, -0.1) is 0 Å². The molecule has 76 valence electrons. The van der Waals surface area contributed by atoms with Crippen molar-refractivity contribution in [3.05, 3.63) is 34.3 Å². The Morgan fingerprint density at radius 2 is 2.07 bits per heavy atom. The van der Waals surface area contributed by atoms with E-state index in [1.165, 1.54) is 0 Å². The lowest BCUT2D eigenvalue weighted by molar-refractivity contribution is 0.0967. The molecular weight excluding hydrogens is 196 g/mol. The predicted octanol–water partition coefficient (Wildman–Crippen LogP) is 3.88. The van der Waals surface area contributed by atoms with Crippen molar-refractivity contribution in [1.82, 2.24) is 0 Å². The highest BCUT2D eigenvalue weighted by molar-refractivity contribution is 6.30. The summed E-state index contributed by atoms with van der Waals surface area (Å²) in [6, 6.07) is 5.40. The number of carbonyl (C=O) groups is 1. The first-order chi connectivity index (χ1) is 6.50. The van der Waals surface area contributed by atoms with Gasteiger partial charge >= 0.3 is 0 Å². The zero-order chi connectivity index (χ0) is 10.7. The molecule has 0 N–H and O–H groups in total. The summed E-state index contributed by atoms with van der Waals surface area (Å²) in [4.78, 5) is 11.7. The normalized spacial score (nSPS) is 10.6. The Hall–Kier alpha value is -0.820. The lowest BCUT2D eigenvalue weighted by Crippen LogP contribution is -2.05. The highest BCUT2D eigenvalue weighted by Crippen LogP contribution is 2.18. The minimum Gasteiger partial charge on any atom is -0.294 e. The van der Waals surface area contributed by atoms with E-state index in [0.717, 1.165) is 11.1 Å². The van der Waals surface area contributed by atoms with E-state index in [1.807, 2.05) is 32.9 Å². The molecule has 0 saturated heterocycles. The number of benzene rings is 1. The quantitative estimate of drug-likeness (QED) is 0.692. The summed E-state index contributed by atoms with van der Waals surface area (Å²) in [7, 11) is 0. The lowest BCUT2D eigenvalue weighted by atomic mass is 9.98. The average molecular weight is 211 g/mol. The largest absolute Gasteiger partial charge is 0.294 e. The third-order valence-corrected chi connectivity index (χ3v) is 2.32. The van der Waals surface area contributed by atoms with Crippen molar-refractivity contribution in [1.29, 1.82) is 0 Å². The monoisotopic (exact) mass is 210 g/mol. The van der Waals surface area contributed by atoms with E-state index in [2.05, 4.69) is 0 Å². The second-order valence-electron chi connectivity index (χ2n) is 3.98. The topological polar surface area (TPSA) is 17.1 Å². The Labute approximate surface area is 90.1 Å². The van der Waals surface area contributed by atoms with Gasteiger partial charge in [-0.25, -0.2) is 0 Å². The highest BCUT2D eigenvalue weighted by atomic mass is 35.5. The molecule has 1 rings (SSSR count). The van der Waals surface area contributed by atoms with Gasteiger partial charge in [0.15, 0.2) is 5.78 Å². The summed E-state index contributed by atoms with van der Waals surface area (Å²) in [6.07, 6.45) is 0.600. The van der Waals surface area contributed by atoms with Gasteiger partial charge in [0.25, 0.3) is 0 Å². The van der Waals surface area contributed by atoms with Crippen molar-refractivity contribution in [3.63, 3.8) is 0 Å². The van der Waals surface area contributed by atoms with Crippen LogP contribution in [0.1, 0.15) is 36.2 Å². The number of aryl methyl sites for hydroxylation is 1. The van der Waals surface area contributed by atoms with Gasteiger partial charge in [0, 0.05) is 17.0 Å². The summed E-state index contributed by atoms with van der Waals surface area (Å²) in [6.45, 7) is 6.01. The van der Waals surface area contributed by atoms with Crippen LogP contribution in [0.2, 0.25) is 5.02 Å². The Bertz CT molecular complexity index is 342. The summed E-state index contributed by atoms with van der Waals surface area (Å²) in [5, 5.41) is 0.684. The zero-order valence-electron chi connectivity index (χ0n) is 8.80. The molecule has 0 aliphatic carbocycles. The number of rotatable bonds is 3. The molecule has 2 heteroatoms. The maximum Gasteiger partial charge on any atom is 0.163 e. The first kappa shape index (κ1) is 11.3. The van der Waals surface area contributed by atoms with Crippen molar-refractivity contribution in [2.45, 2.75) is 27.2 Å². The standard InChI is InChI=1S/C12H15ClO/c1-8(2)6-12(14)11-5-4-10(13)7-9(11)3/h4-5,7-8H,6H2,1-3H3. The summed E-state index contributed by atoms with van der Waals surface area (Å²) < 4.78 is 0. The number of halogens is 1. The minimum absolute atomic E-state index is 0.203. The molecule has 0 heterocycles. The van der Waals surface area contributed by atoms with Gasteiger partial charge in [-0.1, -0.05) is 25.4 Å². The Kier molecular flexibility index (Phi) is 3.70. The van der Waals surface area contributed by atoms with Crippen LogP contribution in [0.5, 0.6) is 0 Å². The van der Waals surface area contributed by atoms with Crippen molar-refractivity contribution in [3.8, 4) is 0 Å². The van der Waals surface area contributed by atoms with E-state index in [0.29, 0.717) is 17.4 Å². The van der Waals surface area contributed by atoms with Crippen molar-refractivity contribution >= 4 is 17.4 Å². The Morgan fingerprint density at radius 1 is 1.43 bits per heavy atom. The molecule has 1 nitrogen and oxygen atoms in total. The fourth-order valence-corrected chi connectivity index (χ4v) is 1.65. The van der Waals surface area contributed by atoms with E-state index in [1.54, 1.807) is 6.07 Å². The third kappa shape index (κ3) is 2.85. The van der Waals surface area contributed by atoms with E-state index in [9.17, 15) is 4.79 Å². The van der Waals surface area contributed by atoms with Gasteiger partial charge in [-0.05, 0) is 36.6 Å². The third-order valence-electron chi connectivity index (χ3n) is 2.08. The van der Waals surface area contributed by atoms with Crippen LogP contribution in [0, 0.1) is 12.8 Å². The molecule has 1 aromatic carbocycles. The molecule has 0 saturated carbocycles. The van der Waals surface area contributed by atoms with Crippen LogP contribution < -0.4 is 0 Å². The van der Waals surface area contributed by atoms with Gasteiger partial charge in [0.1, 0.15) is 0 Å². The number of hydrogen-bond donors (Lipinski definition) is 0. The fraction of sp³-hybridized carbons (Fsp3) is 0.417. The van der Waals surface area contributed by atoms with E-state index in [-0.39, 0.29) is 5.78 Å². The van der Waals surface area contributed by atoms with Gasteiger partial charge < -0.3 is 0 Å². The molecule has 0 atom stereocenters. The van der Waals surface area contributed by atoms with Crippen LogP contribution in [0.25, 0.3) is 0 Å². The van der Waals surface area contributed by atoms with E-state index in [4.69, 9.17) is 11.6 Å². The molecule has 0 unspecified atom stereocenters. The Morgan fingerprint density at radius 3 is 2.57 bits per heavy atom. The maximum atomic E-state index is 11.7. The van der Waals surface area contributed by atoms with Crippen molar-refractivity contribution < 1.29 is 4.79 Å². The van der Waals surface area contributed by atoms with Crippen molar-refractivity contribution in [2.75, 3.05) is 0 Å². The summed E-state index contributed by atoms with van der Waals surface area (Å²) in [5.74, 6) is 0.603. The van der Waals surface area contributed by atoms with Crippen molar-refractivity contribution in [2.24, 2.45) is 5.92 Å². The molecule has 0 aliphatic rings. The van der Waals surface area contributed by atoms with Gasteiger partial charge in [0.05, 0.1) is 0 Å². The second-order valence-corrected chi connectivity index (χ2v) is 4.42. The van der Waals surface area contributed by atoms with E-state index < -0.39 is 0 Å². The summed E-state index contributed by atoms with van der Waals surface area (Å²) in [5.41, 5.74) is 1.76. The number of hydrogen-bond acceptors (Lipinski definition) is 1. The fourth-order valence-electron chi connectivity index (χ4n) is 1.42. The van der Waals surface area contributed by atoms with Crippen LogP contribution in [0.3, 0.4) is 0 Å². The van der Waals surface area contributed by atoms with Gasteiger partial charge in [0.2, 0.25) is 0 Å². The van der Waals surface area contributed by atoms with Crippen LogP contribution in [0.4, 0.5) is 0 Å². The van der Waals surface area contributed by atoms with Crippen LogP contribution >= 0.6 is 11.6 Å². The maximum absolute atomic E-state index is 11.7. The SMILES string of the molecule is Cc1cc(Cl)ccc1C(=O)CC(C)C. The predicted molar refractivity (Wildman–Crippen MR) is 60.0 cm³/mol. The minimum atomic E-state index is 0.203. The van der Waals surface area contributed by atoms with Crippen LogP contribution in [-0.2, 0) is 0 Å². The van der Waals surface area contributed by atoms with Crippen LogP contribution in [-0.4, -0.2) is 5.78 Å². The van der Waals surface area contributed by atoms with Gasteiger partial charge in [-0.3, -0.25) is 4.79 Å². The number of ketones is 1. The first-order valence-electron chi connectivity index (χ1n) is 4.80. The molecule has 0 aliphatic heterocycles. The molecular formula is C12H15ClO. The van der Waals surface area contributed by atoms with E-state index >= 15 is 0 Å². The molecule has 0 aromatic heterocycles. The lowest BCUT2D eigenvalue weighted by Gasteiger charge is -2.07. The second kappa shape index (κ2) is 4.61. The highest BCUT2D eigenvalue weighted by Gasteiger charge is 2.10. The zero-order valence-corrected chi connectivity index (χ0v) is 9.56. The Balaban J connectivity index is 2.90. The smallest absolute Gasteiger partial charge is 0.163 e. The summed E-state index contributed by atoms with van der Waals surface area (Å²) >= 11 is 5.82. The molecule has 0 amide bonds. The average Bonchev–Trinajstić information content (AvgIpc) is 2.01. The molecule has 0 fully saturated rings. The van der Waals surface area contributed by atoms with Crippen LogP contribution in [0.15, 0.2) is 18.2 Å². The number of carbonyl (C=O) groups excluding carboxylic acids is 1. The van der Waals surface area contributed by atoms with Gasteiger partial charge in [-0.2, -0.15) is 0 Å². The number of Topliss-reactive ketones (excluding diaryl/α,β-unsaturated/α-hetero) is 1. The molecule has 0 spiro atoms. The first-order valence-corrected chi connectivity index (χ1v) is 5.18. The molecule has 14 heavy (non-hydrogen) atoms. The molecule has 0 bridgehead atoms.